The fraction of sp³-hybridized carbons (Fsp3) is 0.316. The van der Waals surface area contributed by atoms with Gasteiger partial charge in [-0.15, -0.1) is 0 Å². The number of carbonyl (C=O) groups is 1. The summed E-state index contributed by atoms with van der Waals surface area (Å²) in [6.45, 7) is 2.41. The Bertz CT molecular complexity index is 1010. The summed E-state index contributed by atoms with van der Waals surface area (Å²) in [6, 6.07) is 5.96. The van der Waals surface area contributed by atoms with Gasteiger partial charge in [-0.3, -0.25) is 4.79 Å². The lowest BCUT2D eigenvalue weighted by Gasteiger charge is -2.33. The van der Waals surface area contributed by atoms with E-state index in [1.54, 1.807) is 30.2 Å². The highest BCUT2D eigenvalue weighted by molar-refractivity contribution is 5.78. The average molecular weight is 399 g/mol. The predicted octanol–water partition coefficient (Wildman–Crippen LogP) is 1.95. The summed E-state index contributed by atoms with van der Waals surface area (Å²) in [5.41, 5.74) is 1.14. The Hall–Kier alpha value is -3.40. The number of ether oxygens (including phenoxy) is 2. The van der Waals surface area contributed by atoms with Crippen molar-refractivity contribution in [1.29, 1.82) is 0 Å². The van der Waals surface area contributed by atoms with Crippen LogP contribution in [0.3, 0.4) is 0 Å². The van der Waals surface area contributed by atoms with Crippen LogP contribution in [0.5, 0.6) is 5.75 Å². The fourth-order valence-corrected chi connectivity index (χ4v) is 3.01. The molecule has 1 amide bonds. The van der Waals surface area contributed by atoms with Gasteiger partial charge in [0, 0.05) is 19.7 Å². The Morgan fingerprint density at radius 2 is 2.24 bits per heavy atom. The van der Waals surface area contributed by atoms with E-state index in [1.165, 1.54) is 18.5 Å². The van der Waals surface area contributed by atoms with E-state index < -0.39 is 11.9 Å². The van der Waals surface area contributed by atoms with E-state index in [9.17, 15) is 9.18 Å². The molecule has 1 fully saturated rings. The molecule has 1 aromatic carbocycles. The molecule has 1 aliphatic rings. The Balaban J connectivity index is 1.46. The maximum atomic E-state index is 13.7. The van der Waals surface area contributed by atoms with Gasteiger partial charge in [-0.1, -0.05) is 17.3 Å². The molecular formula is C19H18FN5O4. The van der Waals surface area contributed by atoms with E-state index in [0.717, 1.165) is 0 Å². The SMILES string of the molecule is Cc1nc(-c2cncnc2[C@@H]2CN(C(=O)COc3ccccc3F)CCO2)no1. The van der Waals surface area contributed by atoms with Crippen molar-refractivity contribution in [3.63, 3.8) is 0 Å². The lowest BCUT2D eigenvalue weighted by atomic mass is 10.1. The first-order valence-corrected chi connectivity index (χ1v) is 8.99. The molecule has 0 spiro atoms. The summed E-state index contributed by atoms with van der Waals surface area (Å²) in [4.78, 5) is 26.7. The van der Waals surface area contributed by atoms with Gasteiger partial charge in [-0.25, -0.2) is 14.4 Å². The smallest absolute Gasteiger partial charge is 0.260 e. The average Bonchev–Trinajstić information content (AvgIpc) is 3.19. The van der Waals surface area contributed by atoms with Gasteiger partial charge in [0.15, 0.2) is 18.2 Å². The van der Waals surface area contributed by atoms with Crippen LogP contribution in [0.25, 0.3) is 11.4 Å². The number of aryl methyl sites for hydroxylation is 1. The largest absolute Gasteiger partial charge is 0.481 e. The summed E-state index contributed by atoms with van der Waals surface area (Å²) in [5, 5.41) is 3.91. The highest BCUT2D eigenvalue weighted by Gasteiger charge is 2.29. The van der Waals surface area contributed by atoms with Gasteiger partial charge >= 0.3 is 0 Å². The van der Waals surface area contributed by atoms with Gasteiger partial charge in [-0.05, 0) is 12.1 Å². The monoisotopic (exact) mass is 399 g/mol. The molecule has 0 unspecified atom stereocenters. The molecule has 0 radical (unpaired) electrons. The summed E-state index contributed by atoms with van der Waals surface area (Å²) >= 11 is 0. The van der Waals surface area contributed by atoms with E-state index in [4.69, 9.17) is 14.0 Å². The number of hydrogen-bond donors (Lipinski definition) is 0. The zero-order valence-corrected chi connectivity index (χ0v) is 15.6. The predicted molar refractivity (Wildman–Crippen MR) is 97.2 cm³/mol. The first-order chi connectivity index (χ1) is 14.1. The molecule has 10 heteroatoms. The van der Waals surface area contributed by atoms with E-state index >= 15 is 0 Å². The Labute approximate surface area is 165 Å². The third-order valence-electron chi connectivity index (χ3n) is 4.42. The topological polar surface area (TPSA) is 103 Å². The number of halogens is 1. The van der Waals surface area contributed by atoms with E-state index in [1.807, 2.05) is 0 Å². The minimum absolute atomic E-state index is 0.0382. The number of amides is 1. The van der Waals surface area contributed by atoms with Crippen molar-refractivity contribution in [3.05, 3.63) is 54.2 Å². The van der Waals surface area contributed by atoms with Gasteiger partial charge in [0.05, 0.1) is 24.4 Å². The number of nitrogens with zero attached hydrogens (tertiary/aromatic N) is 5. The molecule has 0 saturated carbocycles. The molecule has 1 atom stereocenters. The van der Waals surface area contributed by atoms with Crippen LogP contribution >= 0.6 is 0 Å². The lowest BCUT2D eigenvalue weighted by Crippen LogP contribution is -2.44. The molecule has 1 saturated heterocycles. The number of carbonyl (C=O) groups excluding carboxylic acids is 1. The van der Waals surface area contributed by atoms with Crippen molar-refractivity contribution in [2.24, 2.45) is 0 Å². The van der Waals surface area contributed by atoms with Crippen molar-refractivity contribution in [2.75, 3.05) is 26.3 Å². The second-order valence-corrected chi connectivity index (χ2v) is 6.38. The zero-order valence-electron chi connectivity index (χ0n) is 15.6. The molecule has 0 N–H and O–H groups in total. The van der Waals surface area contributed by atoms with Gasteiger partial charge in [0.1, 0.15) is 12.4 Å². The molecular weight excluding hydrogens is 381 g/mol. The first kappa shape index (κ1) is 18.9. The van der Waals surface area contributed by atoms with Gasteiger partial charge in [0.2, 0.25) is 11.7 Å². The van der Waals surface area contributed by atoms with Crippen molar-refractivity contribution < 1.29 is 23.2 Å². The third kappa shape index (κ3) is 4.21. The van der Waals surface area contributed by atoms with E-state index in [-0.39, 0.29) is 24.8 Å². The number of benzene rings is 1. The number of para-hydroxylation sites is 1. The van der Waals surface area contributed by atoms with Crippen LogP contribution in [-0.4, -0.2) is 57.2 Å². The molecule has 1 aliphatic heterocycles. The van der Waals surface area contributed by atoms with Crippen LogP contribution in [0.15, 0.2) is 41.3 Å². The van der Waals surface area contributed by atoms with Gasteiger partial charge < -0.3 is 18.9 Å². The molecule has 3 heterocycles. The van der Waals surface area contributed by atoms with E-state index in [2.05, 4.69) is 20.1 Å². The standard InChI is InChI=1S/C19H18FN5O4/c1-12-23-19(24-29-12)13-8-21-11-22-18(13)16-9-25(6-7-27-16)17(26)10-28-15-5-3-2-4-14(15)20/h2-5,8,11,16H,6-7,9-10H2,1H3/t16-/m0/s1. The maximum absolute atomic E-state index is 13.7. The summed E-state index contributed by atoms with van der Waals surface area (Å²) in [6.07, 6.45) is 2.49. The van der Waals surface area contributed by atoms with Crippen LogP contribution in [0, 0.1) is 12.7 Å². The molecule has 2 aromatic heterocycles. The van der Waals surface area contributed by atoms with E-state index in [0.29, 0.717) is 36.1 Å². The van der Waals surface area contributed by atoms with Crippen LogP contribution in [0.4, 0.5) is 4.39 Å². The highest BCUT2D eigenvalue weighted by atomic mass is 19.1. The summed E-state index contributed by atoms with van der Waals surface area (Å²) < 4.78 is 29.9. The lowest BCUT2D eigenvalue weighted by molar-refractivity contribution is -0.141. The second-order valence-electron chi connectivity index (χ2n) is 6.38. The molecule has 9 nitrogen and oxygen atoms in total. The fourth-order valence-electron chi connectivity index (χ4n) is 3.01. The molecule has 0 bridgehead atoms. The Kier molecular flexibility index (Phi) is 5.43. The number of morpholine rings is 1. The molecule has 29 heavy (non-hydrogen) atoms. The third-order valence-corrected chi connectivity index (χ3v) is 4.42. The molecule has 150 valence electrons. The Morgan fingerprint density at radius 3 is 3.03 bits per heavy atom. The number of hydrogen-bond acceptors (Lipinski definition) is 8. The minimum atomic E-state index is -0.513. The number of rotatable bonds is 5. The van der Waals surface area contributed by atoms with Gasteiger partial charge in [0.25, 0.3) is 5.91 Å². The molecule has 4 rings (SSSR count). The first-order valence-electron chi connectivity index (χ1n) is 8.99. The molecule has 3 aromatic rings. The molecule has 0 aliphatic carbocycles. The normalized spacial score (nSPS) is 16.6. The summed E-state index contributed by atoms with van der Waals surface area (Å²) in [7, 11) is 0. The van der Waals surface area contributed by atoms with Crippen LogP contribution in [0.1, 0.15) is 17.7 Å². The highest BCUT2D eigenvalue weighted by Crippen LogP contribution is 2.28. The van der Waals surface area contributed by atoms with Crippen LogP contribution < -0.4 is 4.74 Å². The van der Waals surface area contributed by atoms with Crippen molar-refractivity contribution in [3.8, 4) is 17.1 Å². The number of aromatic nitrogens is 4. The van der Waals surface area contributed by atoms with Crippen LogP contribution in [-0.2, 0) is 9.53 Å². The van der Waals surface area contributed by atoms with Crippen LogP contribution in [0.2, 0.25) is 0 Å². The Morgan fingerprint density at radius 1 is 1.38 bits per heavy atom. The second kappa shape index (κ2) is 8.31. The van der Waals surface area contributed by atoms with Crippen molar-refractivity contribution >= 4 is 5.91 Å². The summed E-state index contributed by atoms with van der Waals surface area (Å²) in [5.74, 6) is 0.0273. The van der Waals surface area contributed by atoms with Gasteiger partial charge in [-0.2, -0.15) is 4.98 Å². The quantitative estimate of drug-likeness (QED) is 0.641. The minimum Gasteiger partial charge on any atom is -0.481 e. The zero-order chi connectivity index (χ0) is 20.2. The maximum Gasteiger partial charge on any atom is 0.260 e. The van der Waals surface area contributed by atoms with Crippen molar-refractivity contribution in [1.82, 2.24) is 25.0 Å². The van der Waals surface area contributed by atoms with Crippen molar-refractivity contribution in [2.45, 2.75) is 13.0 Å².